The molecule has 8 heteroatoms. The minimum Gasteiger partial charge on any atom is -0.468 e. The topological polar surface area (TPSA) is 105 Å². The first kappa shape index (κ1) is 17.9. The van der Waals surface area contributed by atoms with Crippen LogP contribution < -0.4 is 0 Å². The molecule has 0 aromatic heterocycles. The molecular weight excluding hydrogens is 354 g/mol. The van der Waals surface area contributed by atoms with Crippen molar-refractivity contribution in [1.82, 2.24) is 0 Å². The van der Waals surface area contributed by atoms with Gasteiger partial charge in [0.05, 0.1) is 36.9 Å². The van der Waals surface area contributed by atoms with Crippen LogP contribution in [0.1, 0.15) is 37.4 Å². The summed E-state index contributed by atoms with van der Waals surface area (Å²) in [5.74, 6) is -1.14. The minimum atomic E-state index is -1.32. The Bertz CT molecular complexity index is 806. The van der Waals surface area contributed by atoms with Crippen LogP contribution in [-0.2, 0) is 23.8 Å². The van der Waals surface area contributed by atoms with E-state index in [1.807, 2.05) is 0 Å². The summed E-state index contributed by atoms with van der Waals surface area (Å²) < 4.78 is 16.0. The van der Waals surface area contributed by atoms with Crippen LogP contribution in [0, 0.1) is 26.9 Å². The second kappa shape index (κ2) is 6.02. The molecule has 27 heavy (non-hydrogen) atoms. The largest absolute Gasteiger partial charge is 0.468 e. The van der Waals surface area contributed by atoms with Crippen LogP contribution in [0.3, 0.4) is 0 Å². The summed E-state index contributed by atoms with van der Waals surface area (Å²) in [5, 5.41) is 11.4. The lowest BCUT2D eigenvalue weighted by molar-refractivity contribution is -0.386. The van der Waals surface area contributed by atoms with Gasteiger partial charge in [-0.25, -0.2) is 0 Å². The molecule has 4 atom stereocenters. The molecule has 0 radical (unpaired) electrons. The normalized spacial score (nSPS) is 32.7. The van der Waals surface area contributed by atoms with E-state index in [0.717, 1.165) is 6.42 Å². The van der Waals surface area contributed by atoms with Crippen molar-refractivity contribution < 1.29 is 28.7 Å². The Morgan fingerprint density at radius 2 is 1.89 bits per heavy atom. The second-order valence-corrected chi connectivity index (χ2v) is 7.69. The van der Waals surface area contributed by atoms with E-state index in [0.29, 0.717) is 18.4 Å². The van der Waals surface area contributed by atoms with Crippen molar-refractivity contribution in [2.75, 3.05) is 14.2 Å². The summed E-state index contributed by atoms with van der Waals surface area (Å²) >= 11 is 0. The number of nitrogens with zero attached hydrogens (tertiary/aromatic N) is 1. The van der Waals surface area contributed by atoms with Crippen molar-refractivity contribution in [2.45, 2.75) is 37.9 Å². The molecule has 1 saturated heterocycles. The van der Waals surface area contributed by atoms with Gasteiger partial charge in [-0.1, -0.05) is 12.1 Å². The van der Waals surface area contributed by atoms with Crippen molar-refractivity contribution in [3.05, 3.63) is 39.9 Å². The van der Waals surface area contributed by atoms with Gasteiger partial charge in [-0.05, 0) is 37.7 Å². The molecule has 3 fully saturated rings. The maximum atomic E-state index is 12.5. The average Bonchev–Trinajstić information content (AvgIpc) is 3.26. The third-order valence-corrected chi connectivity index (χ3v) is 6.57. The molecule has 3 aliphatic rings. The van der Waals surface area contributed by atoms with Gasteiger partial charge < -0.3 is 14.2 Å². The highest BCUT2D eigenvalue weighted by molar-refractivity contribution is 6.00. The van der Waals surface area contributed by atoms with Gasteiger partial charge in [0.1, 0.15) is 0 Å². The Morgan fingerprint density at radius 3 is 2.52 bits per heavy atom. The molecule has 0 bridgehead atoms. The zero-order valence-corrected chi connectivity index (χ0v) is 15.2. The van der Waals surface area contributed by atoms with Crippen molar-refractivity contribution >= 4 is 17.6 Å². The number of ether oxygens (including phenoxy) is 3. The van der Waals surface area contributed by atoms with Crippen LogP contribution in [0.4, 0.5) is 5.69 Å². The van der Waals surface area contributed by atoms with Gasteiger partial charge in [0, 0.05) is 11.5 Å². The highest BCUT2D eigenvalue weighted by Crippen LogP contribution is 2.73. The summed E-state index contributed by atoms with van der Waals surface area (Å²) in [4.78, 5) is 36.0. The molecule has 144 valence electrons. The number of nitro benzene ring substituents is 1. The number of hydrogen-bond donors (Lipinski definition) is 0. The van der Waals surface area contributed by atoms with E-state index in [-0.39, 0.29) is 29.5 Å². The van der Waals surface area contributed by atoms with Gasteiger partial charge in [-0.2, -0.15) is 0 Å². The third-order valence-electron chi connectivity index (χ3n) is 6.57. The predicted octanol–water partition coefficient (Wildman–Crippen LogP) is 2.56. The third kappa shape index (κ3) is 2.39. The Kier molecular flexibility index (Phi) is 3.99. The number of rotatable bonds is 4. The van der Waals surface area contributed by atoms with Crippen LogP contribution >= 0.6 is 0 Å². The molecule has 8 nitrogen and oxygen atoms in total. The number of carbonyl (C=O) groups is 2. The highest BCUT2D eigenvalue weighted by atomic mass is 16.6. The molecule has 0 N–H and O–H groups in total. The summed E-state index contributed by atoms with van der Waals surface area (Å²) in [5.41, 5.74) is -1.07. The number of esters is 2. The van der Waals surface area contributed by atoms with E-state index in [4.69, 9.17) is 14.2 Å². The van der Waals surface area contributed by atoms with Gasteiger partial charge in [0.2, 0.25) is 0 Å². The van der Waals surface area contributed by atoms with Gasteiger partial charge in [-0.15, -0.1) is 0 Å². The van der Waals surface area contributed by atoms with Gasteiger partial charge in [-0.3, -0.25) is 19.7 Å². The van der Waals surface area contributed by atoms with E-state index < -0.39 is 28.4 Å². The van der Waals surface area contributed by atoms with E-state index in [2.05, 4.69) is 0 Å². The van der Waals surface area contributed by atoms with Crippen molar-refractivity contribution in [3.8, 4) is 0 Å². The summed E-state index contributed by atoms with van der Waals surface area (Å²) in [6, 6.07) is 6.60. The Labute approximate surface area is 155 Å². The molecule has 1 aliphatic heterocycles. The molecule has 1 aromatic rings. The van der Waals surface area contributed by atoms with Crippen LogP contribution in [0.2, 0.25) is 0 Å². The zero-order chi connectivity index (χ0) is 19.4. The SMILES string of the molecule is COC(=O)C1(C(=O)OC)CC[C@H]2[C@H](c3ccccc3[N+](=O)[O-])O[C@@H]3C[C@@]32C1. The maximum absolute atomic E-state index is 12.5. The second-order valence-electron chi connectivity index (χ2n) is 7.69. The first-order valence-corrected chi connectivity index (χ1v) is 8.95. The fraction of sp³-hybridized carbons (Fsp3) is 0.579. The van der Waals surface area contributed by atoms with E-state index in [1.54, 1.807) is 18.2 Å². The van der Waals surface area contributed by atoms with Gasteiger partial charge in [0.15, 0.2) is 5.41 Å². The van der Waals surface area contributed by atoms with Gasteiger partial charge >= 0.3 is 11.9 Å². The molecule has 2 aliphatic carbocycles. The van der Waals surface area contributed by atoms with Crippen molar-refractivity contribution in [1.29, 1.82) is 0 Å². The molecule has 1 aromatic carbocycles. The molecular formula is C19H21NO7. The van der Waals surface area contributed by atoms with Crippen LogP contribution in [-0.4, -0.2) is 37.2 Å². The Morgan fingerprint density at radius 1 is 1.22 bits per heavy atom. The Balaban J connectivity index is 1.68. The quantitative estimate of drug-likeness (QED) is 0.345. The molecule has 2 saturated carbocycles. The van der Waals surface area contributed by atoms with E-state index in [1.165, 1.54) is 20.3 Å². The van der Waals surface area contributed by atoms with Gasteiger partial charge in [0.25, 0.3) is 5.69 Å². The summed E-state index contributed by atoms with van der Waals surface area (Å²) in [6.45, 7) is 0. The van der Waals surface area contributed by atoms with E-state index >= 15 is 0 Å². The number of carbonyl (C=O) groups excluding carboxylic acids is 2. The number of para-hydroxylation sites is 1. The van der Waals surface area contributed by atoms with Crippen LogP contribution in [0.5, 0.6) is 0 Å². The van der Waals surface area contributed by atoms with Crippen molar-refractivity contribution in [2.24, 2.45) is 16.7 Å². The molecule has 0 unspecified atom stereocenters. The Hall–Kier alpha value is -2.48. The number of hydrogen-bond acceptors (Lipinski definition) is 7. The summed E-state index contributed by atoms with van der Waals surface area (Å²) in [7, 11) is 2.53. The molecule has 4 rings (SSSR count). The lowest BCUT2D eigenvalue weighted by atomic mass is 9.61. The van der Waals surface area contributed by atoms with Crippen molar-refractivity contribution in [3.63, 3.8) is 0 Å². The minimum absolute atomic E-state index is 0.0195. The highest BCUT2D eigenvalue weighted by Gasteiger charge is 2.74. The molecule has 1 spiro atoms. The summed E-state index contributed by atoms with van der Waals surface area (Å²) in [6.07, 6.45) is 1.35. The maximum Gasteiger partial charge on any atom is 0.323 e. The monoisotopic (exact) mass is 375 g/mol. The first-order chi connectivity index (χ1) is 12.9. The van der Waals surface area contributed by atoms with Crippen LogP contribution in [0.25, 0.3) is 0 Å². The smallest absolute Gasteiger partial charge is 0.323 e. The number of methoxy groups -OCH3 is 2. The fourth-order valence-corrected chi connectivity index (χ4v) is 5.25. The zero-order valence-electron chi connectivity index (χ0n) is 15.2. The standard InChI is InChI=1S/C19H21NO7/c1-25-16(21)18(17(22)26-2)8-7-12-15(27-14-9-19(12,14)10-18)11-5-3-4-6-13(11)20(23)24/h3-6,12,14-15H,7-10H2,1-2H3/t12-,14+,15-,19-/m0/s1. The molecule has 1 heterocycles. The average molecular weight is 375 g/mol. The lowest BCUT2D eigenvalue weighted by Crippen LogP contribution is -2.48. The predicted molar refractivity (Wildman–Crippen MR) is 91.6 cm³/mol. The fourth-order valence-electron chi connectivity index (χ4n) is 5.25. The number of benzene rings is 1. The van der Waals surface area contributed by atoms with Crippen LogP contribution in [0.15, 0.2) is 24.3 Å². The molecule has 0 amide bonds. The lowest BCUT2D eigenvalue weighted by Gasteiger charge is -2.40. The first-order valence-electron chi connectivity index (χ1n) is 8.95. The van der Waals surface area contributed by atoms with E-state index in [9.17, 15) is 19.7 Å². The number of nitro groups is 1.